The molecule has 1 aliphatic rings. The normalized spacial score (nSPS) is 16.6. The van der Waals surface area contributed by atoms with E-state index < -0.39 is 0 Å². The van der Waals surface area contributed by atoms with Crippen molar-refractivity contribution in [1.82, 2.24) is 0 Å². The smallest absolute Gasteiger partial charge is 0.122 e. The Morgan fingerprint density at radius 2 is 1.89 bits per heavy atom. The summed E-state index contributed by atoms with van der Waals surface area (Å²) in [7, 11) is 3.86. The summed E-state index contributed by atoms with van der Waals surface area (Å²) in [4.78, 5) is 2.30. The summed E-state index contributed by atoms with van der Waals surface area (Å²) in [6.45, 7) is 7.34. The lowest BCUT2D eigenvalue weighted by Crippen LogP contribution is -2.37. The van der Waals surface area contributed by atoms with Gasteiger partial charge in [0.15, 0.2) is 0 Å². The van der Waals surface area contributed by atoms with Crippen LogP contribution in [0.15, 0.2) is 6.07 Å². The lowest BCUT2D eigenvalue weighted by molar-refractivity contribution is 0.411. The molecule has 100 valence electrons. The van der Waals surface area contributed by atoms with E-state index in [1.807, 2.05) is 0 Å². The number of nitrogens with zero attached hydrogens (tertiary/aromatic N) is 1. The monoisotopic (exact) mass is 248 g/mol. The van der Waals surface area contributed by atoms with E-state index in [0.717, 1.165) is 25.1 Å². The van der Waals surface area contributed by atoms with Crippen LogP contribution in [0, 0.1) is 20.8 Å². The first-order chi connectivity index (χ1) is 8.38. The van der Waals surface area contributed by atoms with Gasteiger partial charge in [0.25, 0.3) is 0 Å². The second-order valence-corrected chi connectivity index (χ2v) is 5.71. The third kappa shape index (κ3) is 2.32. The SMILES string of the molecule is COc1cc(C)c(N(C)CC2(N)CC2)c(C)c1C. The fourth-order valence-electron chi connectivity index (χ4n) is 2.70. The molecule has 2 N–H and O–H groups in total. The molecule has 0 bridgehead atoms. The maximum Gasteiger partial charge on any atom is 0.122 e. The second kappa shape index (κ2) is 4.47. The van der Waals surface area contributed by atoms with Crippen molar-refractivity contribution in [1.29, 1.82) is 0 Å². The number of nitrogens with two attached hydrogens (primary N) is 1. The number of methoxy groups -OCH3 is 1. The number of benzene rings is 1. The molecule has 1 aromatic rings. The van der Waals surface area contributed by atoms with Crippen LogP contribution in [0.2, 0.25) is 0 Å². The number of ether oxygens (including phenoxy) is 1. The number of anilines is 1. The van der Waals surface area contributed by atoms with Crippen molar-refractivity contribution in [3.63, 3.8) is 0 Å². The molecule has 0 spiro atoms. The molecule has 0 atom stereocenters. The van der Waals surface area contributed by atoms with Crippen molar-refractivity contribution < 1.29 is 4.74 Å². The summed E-state index contributed by atoms with van der Waals surface area (Å²) in [6.07, 6.45) is 2.29. The highest BCUT2D eigenvalue weighted by Crippen LogP contribution is 2.37. The summed E-state index contributed by atoms with van der Waals surface area (Å²) in [6, 6.07) is 2.12. The molecule has 0 saturated heterocycles. The third-order valence-electron chi connectivity index (χ3n) is 4.05. The molecule has 1 aromatic carbocycles. The highest BCUT2D eigenvalue weighted by Gasteiger charge is 2.39. The number of hydrogen-bond donors (Lipinski definition) is 1. The van der Waals surface area contributed by atoms with Crippen LogP contribution in [0.5, 0.6) is 5.75 Å². The van der Waals surface area contributed by atoms with E-state index in [1.165, 1.54) is 22.4 Å². The Morgan fingerprint density at radius 1 is 1.28 bits per heavy atom. The van der Waals surface area contributed by atoms with Crippen molar-refractivity contribution in [3.8, 4) is 5.75 Å². The summed E-state index contributed by atoms with van der Waals surface area (Å²) in [5, 5.41) is 0. The minimum absolute atomic E-state index is 0.0431. The summed E-state index contributed by atoms with van der Waals surface area (Å²) in [5.74, 6) is 0.969. The maximum absolute atomic E-state index is 6.21. The molecule has 1 saturated carbocycles. The van der Waals surface area contributed by atoms with Crippen LogP contribution in [-0.2, 0) is 0 Å². The van der Waals surface area contributed by atoms with Gasteiger partial charge in [-0.05, 0) is 56.4 Å². The van der Waals surface area contributed by atoms with E-state index in [1.54, 1.807) is 7.11 Å². The van der Waals surface area contributed by atoms with Gasteiger partial charge in [0, 0.05) is 24.8 Å². The van der Waals surface area contributed by atoms with Gasteiger partial charge in [-0.2, -0.15) is 0 Å². The number of hydrogen-bond acceptors (Lipinski definition) is 3. The molecule has 0 heterocycles. The van der Waals surface area contributed by atoms with E-state index >= 15 is 0 Å². The minimum atomic E-state index is 0.0431. The van der Waals surface area contributed by atoms with Crippen LogP contribution in [0.25, 0.3) is 0 Å². The lowest BCUT2D eigenvalue weighted by atomic mass is 10.0. The van der Waals surface area contributed by atoms with Gasteiger partial charge in [0.1, 0.15) is 5.75 Å². The van der Waals surface area contributed by atoms with Crippen molar-refractivity contribution in [2.45, 2.75) is 39.2 Å². The first kappa shape index (κ1) is 13.2. The molecule has 0 amide bonds. The Labute approximate surface area is 110 Å². The molecule has 0 aromatic heterocycles. The molecule has 1 fully saturated rings. The third-order valence-corrected chi connectivity index (χ3v) is 4.05. The number of aryl methyl sites for hydroxylation is 1. The Kier molecular flexibility index (Phi) is 3.28. The van der Waals surface area contributed by atoms with Gasteiger partial charge in [0.2, 0.25) is 0 Å². The second-order valence-electron chi connectivity index (χ2n) is 5.71. The van der Waals surface area contributed by atoms with Crippen LogP contribution >= 0.6 is 0 Å². The predicted molar refractivity (Wildman–Crippen MR) is 76.6 cm³/mol. The summed E-state index contributed by atoms with van der Waals surface area (Å²) >= 11 is 0. The van der Waals surface area contributed by atoms with Crippen molar-refractivity contribution in [3.05, 3.63) is 22.8 Å². The van der Waals surface area contributed by atoms with Gasteiger partial charge in [-0.15, -0.1) is 0 Å². The molecule has 2 rings (SSSR count). The Morgan fingerprint density at radius 3 is 2.39 bits per heavy atom. The molecule has 3 nitrogen and oxygen atoms in total. The highest BCUT2D eigenvalue weighted by atomic mass is 16.5. The van der Waals surface area contributed by atoms with Gasteiger partial charge < -0.3 is 15.4 Å². The summed E-state index contributed by atoms with van der Waals surface area (Å²) < 4.78 is 5.41. The van der Waals surface area contributed by atoms with E-state index in [0.29, 0.717) is 0 Å². The standard InChI is InChI=1S/C15H24N2O/c1-10-8-13(18-5)11(2)12(3)14(10)17(4)9-15(16)6-7-15/h8H,6-7,9,16H2,1-5H3. The molecule has 0 radical (unpaired) electrons. The molecule has 18 heavy (non-hydrogen) atoms. The van der Waals surface area contributed by atoms with Gasteiger partial charge in [-0.25, -0.2) is 0 Å². The van der Waals surface area contributed by atoms with Crippen LogP contribution < -0.4 is 15.4 Å². The molecule has 0 aliphatic heterocycles. The first-order valence-corrected chi connectivity index (χ1v) is 6.53. The quantitative estimate of drug-likeness (QED) is 0.890. The lowest BCUT2D eigenvalue weighted by Gasteiger charge is -2.28. The maximum atomic E-state index is 6.21. The topological polar surface area (TPSA) is 38.5 Å². The molecule has 1 aliphatic carbocycles. The zero-order valence-electron chi connectivity index (χ0n) is 12.1. The zero-order chi connectivity index (χ0) is 13.5. The van der Waals surface area contributed by atoms with Crippen LogP contribution in [0.4, 0.5) is 5.69 Å². The first-order valence-electron chi connectivity index (χ1n) is 6.53. The average molecular weight is 248 g/mol. The van der Waals surface area contributed by atoms with Crippen LogP contribution in [-0.4, -0.2) is 26.2 Å². The average Bonchev–Trinajstić information content (AvgIpc) is 3.01. The van der Waals surface area contributed by atoms with Crippen molar-refractivity contribution in [2.24, 2.45) is 5.73 Å². The van der Waals surface area contributed by atoms with Gasteiger partial charge in [-0.3, -0.25) is 0 Å². The fraction of sp³-hybridized carbons (Fsp3) is 0.600. The van der Waals surface area contributed by atoms with Crippen molar-refractivity contribution in [2.75, 3.05) is 25.6 Å². The molecular formula is C15H24N2O. The molecular weight excluding hydrogens is 224 g/mol. The Bertz CT molecular complexity index is 464. The van der Waals surface area contributed by atoms with E-state index in [-0.39, 0.29) is 5.54 Å². The fourth-order valence-corrected chi connectivity index (χ4v) is 2.70. The summed E-state index contributed by atoms with van der Waals surface area (Å²) in [5.41, 5.74) is 11.3. The van der Waals surface area contributed by atoms with E-state index in [2.05, 4.69) is 38.8 Å². The molecule has 3 heteroatoms. The van der Waals surface area contributed by atoms with Crippen LogP contribution in [0.1, 0.15) is 29.5 Å². The number of rotatable bonds is 4. The van der Waals surface area contributed by atoms with Gasteiger partial charge >= 0.3 is 0 Å². The number of likely N-dealkylation sites (N-methyl/N-ethyl adjacent to an activating group) is 1. The van der Waals surface area contributed by atoms with Gasteiger partial charge in [-0.1, -0.05) is 0 Å². The largest absolute Gasteiger partial charge is 0.496 e. The highest BCUT2D eigenvalue weighted by molar-refractivity contribution is 5.65. The Balaban J connectivity index is 2.34. The van der Waals surface area contributed by atoms with Crippen LogP contribution in [0.3, 0.4) is 0 Å². The Hall–Kier alpha value is -1.22. The van der Waals surface area contributed by atoms with E-state index in [4.69, 9.17) is 10.5 Å². The van der Waals surface area contributed by atoms with Gasteiger partial charge in [0.05, 0.1) is 7.11 Å². The zero-order valence-corrected chi connectivity index (χ0v) is 12.1. The van der Waals surface area contributed by atoms with Crippen molar-refractivity contribution >= 4 is 5.69 Å². The predicted octanol–water partition coefficient (Wildman–Crippen LogP) is 2.55. The molecule has 0 unspecified atom stereocenters. The van der Waals surface area contributed by atoms with E-state index in [9.17, 15) is 0 Å². The minimum Gasteiger partial charge on any atom is -0.496 e.